The van der Waals surface area contributed by atoms with E-state index in [2.05, 4.69) is 49.2 Å². The van der Waals surface area contributed by atoms with Crippen LogP contribution in [0.1, 0.15) is 31.7 Å². The van der Waals surface area contributed by atoms with Crippen molar-refractivity contribution in [2.45, 2.75) is 44.8 Å². The quantitative estimate of drug-likeness (QED) is 0.111. The number of benzene rings is 1. The molecule has 32 heavy (non-hydrogen) atoms. The van der Waals surface area contributed by atoms with Crippen molar-refractivity contribution in [2.75, 3.05) is 26.4 Å². The fourth-order valence-corrected chi connectivity index (χ4v) is 4.08. The van der Waals surface area contributed by atoms with Crippen LogP contribution in [-0.4, -0.2) is 52.1 Å². The van der Waals surface area contributed by atoms with Crippen molar-refractivity contribution in [1.29, 1.82) is 0 Å². The number of nitrogens with one attached hydrogen (secondary N) is 3. The Morgan fingerprint density at radius 3 is 2.72 bits per heavy atom. The first-order valence-electron chi connectivity index (χ1n) is 10.7. The van der Waals surface area contributed by atoms with Gasteiger partial charge in [0.25, 0.3) is 0 Å². The third kappa shape index (κ3) is 7.09. The maximum atomic E-state index is 13.3. The molecule has 0 fully saturated rings. The largest absolute Gasteiger partial charge is 0.361 e. The number of fused-ring (bicyclic) bond motifs is 1. The predicted molar refractivity (Wildman–Crippen MR) is 142 cm³/mol. The molecule has 1 aromatic carbocycles. The maximum absolute atomic E-state index is 13.3. The average Bonchev–Trinajstić information content (AvgIpc) is 3.32. The molecule has 10 heteroatoms. The molecule has 3 aromatic rings. The summed E-state index contributed by atoms with van der Waals surface area (Å²) in [6.45, 7) is 6.90. The van der Waals surface area contributed by atoms with Gasteiger partial charge < -0.3 is 20.2 Å². The number of hydrogen-bond donors (Lipinski definition) is 3. The molecule has 0 radical (unpaired) electrons. The van der Waals surface area contributed by atoms with Crippen LogP contribution in [0.15, 0.2) is 34.5 Å². The summed E-state index contributed by atoms with van der Waals surface area (Å²) in [5.74, 6) is 2.15. The predicted octanol–water partition coefficient (Wildman–Crippen LogP) is 4.23. The molecule has 2 heterocycles. The van der Waals surface area contributed by atoms with Crippen LogP contribution in [-0.2, 0) is 19.4 Å². The molecule has 0 aliphatic heterocycles. The molecule has 0 bridgehead atoms. The molecule has 0 spiro atoms. The molecule has 176 valence electrons. The number of nitrogens with zero attached hydrogens (tertiary/aromatic N) is 4. The van der Waals surface area contributed by atoms with Gasteiger partial charge in [0.2, 0.25) is 0 Å². The van der Waals surface area contributed by atoms with E-state index in [1.54, 1.807) is 18.8 Å². The van der Waals surface area contributed by atoms with Gasteiger partial charge in [0, 0.05) is 50.2 Å². The average molecular weight is 574 g/mol. The summed E-state index contributed by atoms with van der Waals surface area (Å²) in [4.78, 5) is 7.43. The number of aliphatic imine (C=N–C) groups is 1. The Morgan fingerprint density at radius 2 is 2.00 bits per heavy atom. The number of guanidine groups is 1. The molecule has 0 atom stereocenters. The molecule has 0 amide bonds. The summed E-state index contributed by atoms with van der Waals surface area (Å²) in [6.07, 6.45) is 6.62. The Labute approximate surface area is 210 Å². The van der Waals surface area contributed by atoms with Crippen LogP contribution in [0.25, 0.3) is 10.9 Å². The van der Waals surface area contributed by atoms with Crippen LogP contribution >= 0.6 is 35.7 Å². The molecular weight excluding hydrogens is 540 g/mol. The Hall–Kier alpha value is -1.82. The SMILES string of the molecule is CN=C(NCCCc1nnc(SC)n1CC(C)C)NCCc1c[nH]c2cc(F)ccc12.I. The topological polar surface area (TPSA) is 82.9 Å². The molecule has 0 aliphatic rings. The highest BCUT2D eigenvalue weighted by Crippen LogP contribution is 2.19. The zero-order chi connectivity index (χ0) is 22.2. The van der Waals surface area contributed by atoms with E-state index in [1.165, 1.54) is 12.1 Å². The molecule has 2 aromatic heterocycles. The Bertz CT molecular complexity index is 1020. The number of halogens is 2. The molecule has 0 aliphatic carbocycles. The van der Waals surface area contributed by atoms with Gasteiger partial charge in [-0.05, 0) is 48.8 Å². The molecule has 0 saturated carbocycles. The van der Waals surface area contributed by atoms with Gasteiger partial charge in [-0.1, -0.05) is 25.6 Å². The number of rotatable bonds is 10. The lowest BCUT2D eigenvalue weighted by Gasteiger charge is -2.13. The summed E-state index contributed by atoms with van der Waals surface area (Å²) in [5.41, 5.74) is 1.99. The van der Waals surface area contributed by atoms with Crippen molar-refractivity contribution in [1.82, 2.24) is 30.4 Å². The molecule has 0 saturated heterocycles. The van der Waals surface area contributed by atoms with Crippen molar-refractivity contribution in [3.05, 3.63) is 41.6 Å². The molecular formula is C22H33FIN7S. The minimum Gasteiger partial charge on any atom is -0.361 e. The van der Waals surface area contributed by atoms with Gasteiger partial charge >= 0.3 is 0 Å². The van der Waals surface area contributed by atoms with Gasteiger partial charge in [-0.25, -0.2) is 4.39 Å². The summed E-state index contributed by atoms with van der Waals surface area (Å²) < 4.78 is 15.6. The third-order valence-corrected chi connectivity index (χ3v) is 5.70. The van der Waals surface area contributed by atoms with Crippen LogP contribution in [0.2, 0.25) is 0 Å². The lowest BCUT2D eigenvalue weighted by atomic mass is 10.1. The van der Waals surface area contributed by atoms with Gasteiger partial charge in [0.15, 0.2) is 11.1 Å². The van der Waals surface area contributed by atoms with Gasteiger partial charge in [0.1, 0.15) is 11.6 Å². The zero-order valence-electron chi connectivity index (χ0n) is 19.1. The van der Waals surface area contributed by atoms with E-state index < -0.39 is 0 Å². The number of hydrogen-bond acceptors (Lipinski definition) is 4. The number of aromatic amines is 1. The number of aryl methyl sites for hydroxylation is 1. The molecule has 3 rings (SSSR count). The van der Waals surface area contributed by atoms with Gasteiger partial charge in [0.05, 0.1) is 0 Å². The lowest BCUT2D eigenvalue weighted by molar-refractivity contribution is 0.477. The second kappa shape index (κ2) is 13.0. The van der Waals surface area contributed by atoms with E-state index >= 15 is 0 Å². The first kappa shape index (κ1) is 26.4. The van der Waals surface area contributed by atoms with Gasteiger partial charge in [-0.3, -0.25) is 4.99 Å². The summed E-state index contributed by atoms with van der Waals surface area (Å²) in [5, 5.41) is 17.4. The van der Waals surface area contributed by atoms with E-state index in [0.29, 0.717) is 5.92 Å². The number of thioether (sulfide) groups is 1. The Balaban J connectivity index is 0.00000363. The summed E-state index contributed by atoms with van der Waals surface area (Å²) >= 11 is 1.64. The normalized spacial score (nSPS) is 11.8. The summed E-state index contributed by atoms with van der Waals surface area (Å²) in [7, 11) is 1.77. The molecule has 0 unspecified atom stereocenters. The summed E-state index contributed by atoms with van der Waals surface area (Å²) in [6, 6.07) is 4.85. The van der Waals surface area contributed by atoms with Crippen molar-refractivity contribution in [2.24, 2.45) is 10.9 Å². The highest BCUT2D eigenvalue weighted by molar-refractivity contribution is 14.0. The third-order valence-electron chi connectivity index (χ3n) is 5.03. The van der Waals surface area contributed by atoms with E-state index in [0.717, 1.165) is 72.3 Å². The first-order valence-corrected chi connectivity index (χ1v) is 11.9. The van der Waals surface area contributed by atoms with Crippen molar-refractivity contribution < 1.29 is 4.39 Å². The number of H-pyrrole nitrogens is 1. The van der Waals surface area contributed by atoms with Crippen molar-refractivity contribution >= 4 is 52.6 Å². The standard InChI is InChI=1S/C22H32FN7S.HI/c1-15(2)14-30-20(28-29-22(30)31-4)6-5-10-25-21(24-3)26-11-9-16-13-27-19-12-17(23)7-8-18(16)19;/h7-8,12-13,15,27H,5-6,9-11,14H2,1-4H3,(H2,24,25,26);1H. The Morgan fingerprint density at radius 1 is 1.22 bits per heavy atom. The zero-order valence-corrected chi connectivity index (χ0v) is 22.3. The van der Waals surface area contributed by atoms with E-state index in [4.69, 9.17) is 0 Å². The minimum absolute atomic E-state index is 0. The van der Waals surface area contributed by atoms with Crippen molar-refractivity contribution in [3.8, 4) is 0 Å². The van der Waals surface area contributed by atoms with E-state index in [-0.39, 0.29) is 29.8 Å². The van der Waals surface area contributed by atoms with Gasteiger partial charge in [-0.15, -0.1) is 34.2 Å². The Kier molecular flexibility index (Phi) is 10.8. The fourth-order valence-electron chi connectivity index (χ4n) is 3.56. The fraction of sp³-hybridized carbons (Fsp3) is 0.500. The van der Waals surface area contributed by atoms with Gasteiger partial charge in [-0.2, -0.15) is 0 Å². The highest BCUT2D eigenvalue weighted by Gasteiger charge is 2.12. The second-order valence-corrected chi connectivity index (χ2v) is 8.66. The van der Waals surface area contributed by atoms with E-state index in [1.807, 2.05) is 18.5 Å². The highest BCUT2D eigenvalue weighted by atomic mass is 127. The maximum Gasteiger partial charge on any atom is 0.190 e. The molecule has 7 nitrogen and oxygen atoms in total. The first-order chi connectivity index (χ1) is 15.0. The van der Waals surface area contributed by atoms with E-state index in [9.17, 15) is 4.39 Å². The van der Waals surface area contributed by atoms with Crippen LogP contribution in [0.5, 0.6) is 0 Å². The van der Waals surface area contributed by atoms with Crippen LogP contribution < -0.4 is 10.6 Å². The number of aromatic nitrogens is 4. The molecule has 3 N–H and O–H groups in total. The van der Waals surface area contributed by atoms with Crippen LogP contribution in [0.3, 0.4) is 0 Å². The van der Waals surface area contributed by atoms with Crippen molar-refractivity contribution in [3.63, 3.8) is 0 Å². The minimum atomic E-state index is -0.226. The monoisotopic (exact) mass is 573 g/mol. The van der Waals surface area contributed by atoms with Crippen LogP contribution in [0.4, 0.5) is 4.39 Å². The smallest absolute Gasteiger partial charge is 0.190 e. The second-order valence-electron chi connectivity index (χ2n) is 7.89. The lowest BCUT2D eigenvalue weighted by Crippen LogP contribution is -2.38. The van der Waals surface area contributed by atoms with Crippen LogP contribution in [0, 0.1) is 11.7 Å².